The van der Waals surface area contributed by atoms with Crippen LogP contribution >= 0.6 is 0 Å². The highest BCUT2D eigenvalue weighted by molar-refractivity contribution is 6.04. The monoisotopic (exact) mass is 274 g/mol. The summed E-state index contributed by atoms with van der Waals surface area (Å²) >= 11 is 0. The van der Waals surface area contributed by atoms with Crippen molar-refractivity contribution in [2.24, 2.45) is 5.16 Å². The van der Waals surface area contributed by atoms with Crippen molar-refractivity contribution in [3.05, 3.63) is 29.8 Å². The highest BCUT2D eigenvalue weighted by atomic mass is 16.6. The van der Waals surface area contributed by atoms with E-state index in [1.54, 1.807) is 7.11 Å². The summed E-state index contributed by atoms with van der Waals surface area (Å²) in [6, 6.07) is 7.63. The van der Waals surface area contributed by atoms with E-state index in [1.165, 1.54) is 0 Å². The average molecular weight is 274 g/mol. The van der Waals surface area contributed by atoms with Crippen molar-refractivity contribution in [3.8, 4) is 5.75 Å². The summed E-state index contributed by atoms with van der Waals surface area (Å²) in [4.78, 5) is 19.4. The lowest BCUT2D eigenvalue weighted by molar-refractivity contribution is -0.140. The summed E-state index contributed by atoms with van der Waals surface area (Å²) in [7, 11) is 1.63. The molecule has 1 atom stereocenters. The molecule has 0 radical (unpaired) electrons. The number of hydrogen-bond acceptors (Lipinski definition) is 4. The molecule has 0 bridgehead atoms. The molecule has 2 aliphatic heterocycles. The molecular weight excluding hydrogens is 256 g/mol. The van der Waals surface area contributed by atoms with Crippen molar-refractivity contribution in [2.45, 2.75) is 25.4 Å². The number of benzene rings is 1. The summed E-state index contributed by atoms with van der Waals surface area (Å²) in [5.74, 6) is 0.868. The number of nitrogens with zero attached hydrogens (tertiary/aromatic N) is 2. The maximum Gasteiger partial charge on any atom is 0.266 e. The number of rotatable bonds is 3. The maximum absolute atomic E-state index is 12.2. The molecule has 1 saturated heterocycles. The van der Waals surface area contributed by atoms with Crippen LogP contribution in [0.3, 0.4) is 0 Å². The molecule has 1 amide bonds. The normalized spacial score (nSPS) is 21.6. The third-order valence-electron chi connectivity index (χ3n) is 3.79. The minimum Gasteiger partial charge on any atom is -0.497 e. The van der Waals surface area contributed by atoms with Gasteiger partial charge in [-0.3, -0.25) is 4.79 Å². The first-order valence-corrected chi connectivity index (χ1v) is 6.94. The number of carbonyl (C=O) groups excluding carboxylic acids is 1. The predicted molar refractivity (Wildman–Crippen MR) is 74.8 cm³/mol. The van der Waals surface area contributed by atoms with Gasteiger partial charge in [0.15, 0.2) is 0 Å². The SMILES string of the molecule is COc1ccc(C2=NO[C@H](C(=O)N3CCCC3)C2)cc1. The van der Waals surface area contributed by atoms with E-state index >= 15 is 0 Å². The lowest BCUT2D eigenvalue weighted by Crippen LogP contribution is -2.37. The third-order valence-corrected chi connectivity index (χ3v) is 3.79. The van der Waals surface area contributed by atoms with Crippen LogP contribution in [0.15, 0.2) is 29.4 Å². The van der Waals surface area contributed by atoms with E-state index in [2.05, 4.69) is 5.16 Å². The molecule has 1 aromatic rings. The van der Waals surface area contributed by atoms with Crippen molar-refractivity contribution < 1.29 is 14.4 Å². The fourth-order valence-corrected chi connectivity index (χ4v) is 2.60. The van der Waals surface area contributed by atoms with Gasteiger partial charge in [-0.05, 0) is 42.7 Å². The lowest BCUT2D eigenvalue weighted by Gasteiger charge is -2.18. The zero-order valence-corrected chi connectivity index (χ0v) is 11.5. The zero-order chi connectivity index (χ0) is 13.9. The molecule has 0 aliphatic carbocycles. The van der Waals surface area contributed by atoms with E-state index in [9.17, 15) is 4.79 Å². The van der Waals surface area contributed by atoms with Gasteiger partial charge in [-0.15, -0.1) is 0 Å². The van der Waals surface area contributed by atoms with Gasteiger partial charge in [0.1, 0.15) is 5.75 Å². The van der Waals surface area contributed by atoms with Crippen LogP contribution in [0.25, 0.3) is 0 Å². The first-order valence-electron chi connectivity index (χ1n) is 6.94. The molecule has 2 heterocycles. The minimum absolute atomic E-state index is 0.0646. The van der Waals surface area contributed by atoms with Gasteiger partial charge < -0.3 is 14.5 Å². The summed E-state index contributed by atoms with van der Waals surface area (Å²) in [5.41, 5.74) is 1.80. The van der Waals surface area contributed by atoms with Crippen molar-refractivity contribution in [3.63, 3.8) is 0 Å². The van der Waals surface area contributed by atoms with Gasteiger partial charge in [0.25, 0.3) is 5.91 Å². The molecule has 0 spiro atoms. The molecule has 5 heteroatoms. The number of oxime groups is 1. The van der Waals surface area contributed by atoms with Gasteiger partial charge in [0.2, 0.25) is 6.10 Å². The Bertz CT molecular complexity index is 518. The third kappa shape index (κ3) is 2.48. The average Bonchev–Trinajstić information content (AvgIpc) is 3.18. The van der Waals surface area contributed by atoms with E-state index in [4.69, 9.17) is 9.57 Å². The Labute approximate surface area is 118 Å². The Morgan fingerprint density at radius 1 is 1.30 bits per heavy atom. The van der Waals surface area contributed by atoms with E-state index in [1.807, 2.05) is 29.2 Å². The minimum atomic E-state index is -0.454. The van der Waals surface area contributed by atoms with Crippen LogP contribution in [0.1, 0.15) is 24.8 Å². The summed E-state index contributed by atoms with van der Waals surface area (Å²) in [6.45, 7) is 1.69. The van der Waals surface area contributed by atoms with Crippen LogP contribution in [0.4, 0.5) is 0 Å². The van der Waals surface area contributed by atoms with Crippen LogP contribution in [0, 0.1) is 0 Å². The number of carbonyl (C=O) groups is 1. The maximum atomic E-state index is 12.2. The molecular formula is C15H18N2O3. The van der Waals surface area contributed by atoms with Crippen LogP contribution in [0.5, 0.6) is 5.75 Å². The second kappa shape index (κ2) is 5.53. The highest BCUT2D eigenvalue weighted by Gasteiger charge is 2.33. The Kier molecular flexibility index (Phi) is 3.58. The molecule has 1 aromatic carbocycles. The summed E-state index contributed by atoms with van der Waals surface area (Å²) in [5, 5.41) is 4.06. The second-order valence-electron chi connectivity index (χ2n) is 5.10. The quantitative estimate of drug-likeness (QED) is 0.844. The van der Waals surface area contributed by atoms with E-state index < -0.39 is 6.10 Å². The first kappa shape index (κ1) is 13.0. The molecule has 0 saturated carbocycles. The van der Waals surface area contributed by atoms with E-state index in [0.29, 0.717) is 6.42 Å². The number of likely N-dealkylation sites (tertiary alicyclic amines) is 1. The van der Waals surface area contributed by atoms with Gasteiger partial charge >= 0.3 is 0 Å². The van der Waals surface area contributed by atoms with E-state index in [0.717, 1.165) is 43.0 Å². The summed E-state index contributed by atoms with van der Waals surface area (Å²) < 4.78 is 5.13. The fourth-order valence-electron chi connectivity index (χ4n) is 2.60. The standard InChI is InChI=1S/C15H18N2O3/c1-19-12-6-4-11(5-7-12)13-10-14(20-16-13)15(18)17-8-2-3-9-17/h4-7,14H,2-3,8-10H2,1H3/t14-/m0/s1. The number of hydrogen-bond donors (Lipinski definition) is 0. The van der Waals surface area contributed by atoms with Gasteiger partial charge in [0.05, 0.1) is 12.8 Å². The molecule has 0 unspecified atom stereocenters. The van der Waals surface area contributed by atoms with Crippen LogP contribution in [-0.4, -0.2) is 42.8 Å². The van der Waals surface area contributed by atoms with Crippen molar-refractivity contribution in [1.82, 2.24) is 4.90 Å². The van der Waals surface area contributed by atoms with Gasteiger partial charge in [0, 0.05) is 19.5 Å². The topological polar surface area (TPSA) is 51.1 Å². The van der Waals surface area contributed by atoms with Crippen LogP contribution in [0.2, 0.25) is 0 Å². The summed E-state index contributed by atoms with van der Waals surface area (Å²) in [6.07, 6.45) is 2.27. The largest absolute Gasteiger partial charge is 0.497 e. The van der Waals surface area contributed by atoms with Gasteiger partial charge in [-0.2, -0.15) is 0 Å². The van der Waals surface area contributed by atoms with Crippen LogP contribution < -0.4 is 4.74 Å². The number of amides is 1. The Hall–Kier alpha value is -2.04. The van der Waals surface area contributed by atoms with Crippen molar-refractivity contribution in [1.29, 1.82) is 0 Å². The Morgan fingerprint density at radius 3 is 2.65 bits per heavy atom. The van der Waals surface area contributed by atoms with Crippen molar-refractivity contribution in [2.75, 3.05) is 20.2 Å². The molecule has 3 rings (SSSR count). The Balaban J connectivity index is 1.64. The molecule has 5 nitrogen and oxygen atoms in total. The smallest absolute Gasteiger partial charge is 0.266 e. The molecule has 106 valence electrons. The fraction of sp³-hybridized carbons (Fsp3) is 0.467. The van der Waals surface area contributed by atoms with E-state index in [-0.39, 0.29) is 5.91 Å². The molecule has 0 N–H and O–H groups in total. The zero-order valence-electron chi connectivity index (χ0n) is 11.5. The van der Waals surface area contributed by atoms with Crippen molar-refractivity contribution >= 4 is 11.6 Å². The lowest BCUT2D eigenvalue weighted by atomic mass is 10.0. The van der Waals surface area contributed by atoms with Gasteiger partial charge in [-0.25, -0.2) is 0 Å². The molecule has 1 fully saturated rings. The Morgan fingerprint density at radius 2 is 2.00 bits per heavy atom. The molecule has 20 heavy (non-hydrogen) atoms. The molecule has 2 aliphatic rings. The van der Waals surface area contributed by atoms with Gasteiger partial charge in [-0.1, -0.05) is 5.16 Å². The van der Waals surface area contributed by atoms with Crippen LogP contribution in [-0.2, 0) is 9.63 Å². The predicted octanol–water partition coefficient (Wildman–Crippen LogP) is 1.81. The number of ether oxygens (including phenoxy) is 1. The second-order valence-corrected chi connectivity index (χ2v) is 5.10. The molecule has 0 aromatic heterocycles. The highest BCUT2D eigenvalue weighted by Crippen LogP contribution is 2.21. The number of methoxy groups -OCH3 is 1. The first-order chi connectivity index (χ1) is 9.78.